The zero-order valence-corrected chi connectivity index (χ0v) is 9.94. The molecule has 0 saturated heterocycles. The molecule has 0 saturated carbocycles. The first-order valence-corrected chi connectivity index (χ1v) is 2.96. The molecule has 0 amide bonds. The third-order valence-corrected chi connectivity index (χ3v) is 0.926. The van der Waals surface area contributed by atoms with Gasteiger partial charge in [-0.15, -0.1) is 0 Å². The van der Waals surface area contributed by atoms with Crippen molar-refractivity contribution in [2.75, 3.05) is 0 Å². The van der Waals surface area contributed by atoms with Crippen LogP contribution in [-0.4, -0.2) is 9.71 Å². The Morgan fingerprint density at radius 1 is 1.57 bits per heavy atom. The SMILES string of the molecule is O=C([O-])C(Br)Br.[K+]. The van der Waals surface area contributed by atoms with E-state index in [1.54, 1.807) is 0 Å². The number of carboxylic acid groups (broad SMARTS) is 1. The largest absolute Gasteiger partial charge is 1.00 e. The van der Waals surface area contributed by atoms with Gasteiger partial charge >= 0.3 is 51.4 Å². The molecule has 5 heteroatoms. The van der Waals surface area contributed by atoms with Gasteiger partial charge in [0.2, 0.25) is 0 Å². The van der Waals surface area contributed by atoms with E-state index in [9.17, 15) is 9.90 Å². The fourth-order valence-corrected chi connectivity index (χ4v) is 0. The van der Waals surface area contributed by atoms with Gasteiger partial charge in [0.1, 0.15) is 3.74 Å². The number of aliphatic carboxylic acids is 1. The molecule has 7 heavy (non-hydrogen) atoms. The Hall–Kier alpha value is 2.07. The Bertz CT molecular complexity index is 64.7. The second-order valence-electron chi connectivity index (χ2n) is 0.620. The van der Waals surface area contributed by atoms with Crippen molar-refractivity contribution in [1.29, 1.82) is 0 Å². The van der Waals surface area contributed by atoms with Crippen LogP contribution in [0.2, 0.25) is 0 Å². The third kappa shape index (κ3) is 8.07. The first kappa shape index (κ1) is 11.8. The van der Waals surface area contributed by atoms with Gasteiger partial charge in [0.05, 0.1) is 5.97 Å². The predicted octanol–water partition coefficient (Wildman–Crippen LogP) is -3.14. The summed E-state index contributed by atoms with van der Waals surface area (Å²) in [4.78, 5) is 9.49. The second-order valence-corrected chi connectivity index (χ2v) is 3.68. The summed E-state index contributed by atoms with van der Waals surface area (Å²) in [7, 11) is 0. The van der Waals surface area contributed by atoms with Crippen molar-refractivity contribution in [2.24, 2.45) is 0 Å². The van der Waals surface area contributed by atoms with E-state index in [1.807, 2.05) is 0 Å². The molecule has 0 aromatic rings. The molecule has 36 valence electrons. The van der Waals surface area contributed by atoms with Crippen molar-refractivity contribution in [1.82, 2.24) is 0 Å². The van der Waals surface area contributed by atoms with E-state index in [1.165, 1.54) is 0 Å². The number of carboxylic acids is 1. The molecule has 0 fully saturated rings. The van der Waals surface area contributed by atoms with Gasteiger partial charge < -0.3 is 9.90 Å². The van der Waals surface area contributed by atoms with E-state index in [4.69, 9.17) is 0 Å². The summed E-state index contributed by atoms with van der Waals surface area (Å²) < 4.78 is -0.718. The molecule has 0 aromatic heterocycles. The fourth-order valence-electron chi connectivity index (χ4n) is 0. The Labute approximate surface area is 101 Å². The van der Waals surface area contributed by atoms with Crippen LogP contribution in [0.3, 0.4) is 0 Å². The summed E-state index contributed by atoms with van der Waals surface area (Å²) in [6.45, 7) is 0. The van der Waals surface area contributed by atoms with Gasteiger partial charge in [-0.25, -0.2) is 0 Å². The average Bonchev–Trinajstić information content (AvgIpc) is 1.36. The zero-order valence-electron chi connectivity index (χ0n) is 3.65. The number of carbonyl (C=O) groups is 1. The molecule has 0 spiro atoms. The van der Waals surface area contributed by atoms with Crippen molar-refractivity contribution in [3.63, 3.8) is 0 Å². The van der Waals surface area contributed by atoms with E-state index in [-0.39, 0.29) is 51.4 Å². The summed E-state index contributed by atoms with van der Waals surface area (Å²) in [5.74, 6) is -1.16. The summed E-state index contributed by atoms with van der Waals surface area (Å²) >= 11 is 5.39. The molecule has 0 aromatic carbocycles. The van der Waals surface area contributed by atoms with Crippen molar-refractivity contribution in [3.05, 3.63) is 0 Å². The maximum absolute atomic E-state index is 9.49. The number of carbonyl (C=O) groups excluding carboxylic acids is 1. The normalized spacial score (nSPS) is 7.86. The van der Waals surface area contributed by atoms with Crippen molar-refractivity contribution < 1.29 is 61.3 Å². The maximum Gasteiger partial charge on any atom is 1.00 e. The van der Waals surface area contributed by atoms with Crippen LogP contribution in [0.5, 0.6) is 0 Å². The van der Waals surface area contributed by atoms with Crippen LogP contribution in [0.25, 0.3) is 0 Å². The molecule has 0 aliphatic carbocycles. The monoisotopic (exact) mass is 254 g/mol. The first-order valence-electron chi connectivity index (χ1n) is 1.13. The van der Waals surface area contributed by atoms with Gasteiger partial charge in [-0.05, 0) is 0 Å². The first-order chi connectivity index (χ1) is 2.64. The second kappa shape index (κ2) is 6.19. The van der Waals surface area contributed by atoms with E-state index in [0.717, 1.165) is 0 Å². The van der Waals surface area contributed by atoms with Gasteiger partial charge in [0.25, 0.3) is 0 Å². The average molecular weight is 256 g/mol. The number of alkyl halides is 2. The quantitative estimate of drug-likeness (QED) is 0.367. The number of halogens is 2. The Kier molecular flexibility index (Phi) is 10.4. The molecular weight excluding hydrogens is 255 g/mol. The number of hydrogen-bond acceptors (Lipinski definition) is 2. The molecule has 0 atom stereocenters. The summed E-state index contributed by atoms with van der Waals surface area (Å²) in [6, 6.07) is 0. The molecule has 0 bridgehead atoms. The van der Waals surface area contributed by atoms with Crippen LogP contribution in [0.4, 0.5) is 0 Å². The summed E-state index contributed by atoms with van der Waals surface area (Å²) in [6.07, 6.45) is 0. The minimum absolute atomic E-state index is 0. The van der Waals surface area contributed by atoms with Crippen LogP contribution < -0.4 is 56.5 Å². The number of hydrogen-bond donors (Lipinski definition) is 0. The molecule has 0 N–H and O–H groups in total. The van der Waals surface area contributed by atoms with Crippen LogP contribution >= 0.6 is 31.9 Å². The molecule has 0 unspecified atom stereocenters. The fraction of sp³-hybridized carbons (Fsp3) is 0.500. The van der Waals surface area contributed by atoms with Gasteiger partial charge in [-0.1, -0.05) is 31.9 Å². The molecule has 0 aliphatic heterocycles. The minimum Gasteiger partial charge on any atom is -0.548 e. The van der Waals surface area contributed by atoms with Crippen molar-refractivity contribution >= 4 is 37.8 Å². The van der Waals surface area contributed by atoms with Crippen molar-refractivity contribution in [2.45, 2.75) is 3.74 Å². The van der Waals surface area contributed by atoms with Gasteiger partial charge in [0, 0.05) is 0 Å². The van der Waals surface area contributed by atoms with Gasteiger partial charge in [-0.3, -0.25) is 0 Å². The topological polar surface area (TPSA) is 40.1 Å². The Morgan fingerprint density at radius 3 is 1.71 bits per heavy atom. The van der Waals surface area contributed by atoms with Gasteiger partial charge in [0.15, 0.2) is 0 Å². The Morgan fingerprint density at radius 2 is 1.71 bits per heavy atom. The van der Waals surface area contributed by atoms with Crippen LogP contribution in [0, 0.1) is 0 Å². The summed E-state index contributed by atoms with van der Waals surface area (Å²) in [5, 5.41) is 9.49. The van der Waals surface area contributed by atoms with Crippen molar-refractivity contribution in [3.8, 4) is 0 Å². The minimum atomic E-state index is -1.16. The van der Waals surface area contributed by atoms with Crippen LogP contribution in [0.1, 0.15) is 0 Å². The van der Waals surface area contributed by atoms with E-state index >= 15 is 0 Å². The third-order valence-electron chi connectivity index (χ3n) is 0.178. The smallest absolute Gasteiger partial charge is 0.548 e. The van der Waals surface area contributed by atoms with E-state index < -0.39 is 9.71 Å². The van der Waals surface area contributed by atoms with Crippen LogP contribution in [-0.2, 0) is 4.79 Å². The molecule has 0 radical (unpaired) electrons. The van der Waals surface area contributed by atoms with Crippen LogP contribution in [0.15, 0.2) is 0 Å². The summed E-state index contributed by atoms with van der Waals surface area (Å²) in [5.41, 5.74) is 0. The van der Waals surface area contributed by atoms with E-state index in [0.29, 0.717) is 0 Å². The Balaban J connectivity index is 0. The zero-order chi connectivity index (χ0) is 5.15. The number of rotatable bonds is 1. The predicted molar refractivity (Wildman–Crippen MR) is 26.6 cm³/mol. The maximum atomic E-state index is 9.49. The molecule has 0 rings (SSSR count). The molecular formula is C2HBr2KO2. The molecule has 0 heterocycles. The molecule has 0 aliphatic rings. The van der Waals surface area contributed by atoms with Gasteiger partial charge in [-0.2, -0.15) is 0 Å². The standard InChI is InChI=1S/C2H2Br2O2.K/c3-1(4)2(5)6;/h1H,(H,5,6);/q;+1/p-1. The molecule has 2 nitrogen and oxygen atoms in total. The van der Waals surface area contributed by atoms with E-state index in [2.05, 4.69) is 31.9 Å².